The second-order valence-corrected chi connectivity index (χ2v) is 6.58. The van der Waals surface area contributed by atoms with E-state index in [9.17, 15) is 9.18 Å². The molecule has 2 aromatic rings. The van der Waals surface area contributed by atoms with Crippen LogP contribution < -0.4 is 0 Å². The van der Waals surface area contributed by atoms with E-state index in [1.54, 1.807) is 6.07 Å². The predicted octanol–water partition coefficient (Wildman–Crippen LogP) is 2.10. The van der Waals surface area contributed by atoms with Gasteiger partial charge in [0.1, 0.15) is 5.82 Å². The Kier molecular flexibility index (Phi) is 4.42. The van der Waals surface area contributed by atoms with Crippen LogP contribution in [0.5, 0.6) is 0 Å². The fourth-order valence-electron chi connectivity index (χ4n) is 2.92. The molecule has 22 heavy (non-hydrogen) atoms. The SMILES string of the molecule is Cc1c(C(=O)N2CCN(CCO)CC2)sc2cccc(F)c12. The first-order chi connectivity index (χ1) is 10.6. The van der Waals surface area contributed by atoms with Crippen molar-refractivity contribution in [1.29, 1.82) is 0 Å². The van der Waals surface area contributed by atoms with E-state index in [1.807, 2.05) is 17.9 Å². The summed E-state index contributed by atoms with van der Waals surface area (Å²) < 4.78 is 14.8. The number of aliphatic hydroxyl groups is 1. The van der Waals surface area contributed by atoms with Crippen LogP contribution in [0.25, 0.3) is 10.1 Å². The summed E-state index contributed by atoms with van der Waals surface area (Å²) in [7, 11) is 0. The average molecular weight is 322 g/mol. The van der Waals surface area contributed by atoms with Gasteiger partial charge in [0.25, 0.3) is 5.91 Å². The van der Waals surface area contributed by atoms with Gasteiger partial charge < -0.3 is 10.0 Å². The number of carbonyl (C=O) groups is 1. The van der Waals surface area contributed by atoms with Gasteiger partial charge >= 0.3 is 0 Å². The fraction of sp³-hybridized carbons (Fsp3) is 0.438. The molecule has 0 atom stereocenters. The zero-order valence-electron chi connectivity index (χ0n) is 12.5. The number of aryl methyl sites for hydroxylation is 1. The van der Waals surface area contributed by atoms with Crippen LogP contribution in [0.15, 0.2) is 18.2 Å². The molecule has 1 aromatic carbocycles. The van der Waals surface area contributed by atoms with E-state index in [0.717, 1.165) is 23.4 Å². The van der Waals surface area contributed by atoms with E-state index in [2.05, 4.69) is 4.90 Å². The van der Waals surface area contributed by atoms with Crippen LogP contribution in [0.4, 0.5) is 4.39 Å². The van der Waals surface area contributed by atoms with E-state index in [1.165, 1.54) is 17.4 Å². The van der Waals surface area contributed by atoms with Gasteiger partial charge in [0.05, 0.1) is 11.5 Å². The lowest BCUT2D eigenvalue weighted by Crippen LogP contribution is -2.49. The summed E-state index contributed by atoms with van der Waals surface area (Å²) in [6.07, 6.45) is 0. The minimum absolute atomic E-state index is 0.0123. The van der Waals surface area contributed by atoms with Gasteiger partial charge in [-0.2, -0.15) is 0 Å². The lowest BCUT2D eigenvalue weighted by molar-refractivity contribution is 0.0619. The summed E-state index contributed by atoms with van der Waals surface area (Å²) in [4.78, 5) is 17.3. The normalized spacial score (nSPS) is 16.4. The summed E-state index contributed by atoms with van der Waals surface area (Å²) in [5.41, 5.74) is 0.737. The number of piperazine rings is 1. The molecule has 118 valence electrons. The van der Waals surface area contributed by atoms with Crippen LogP contribution in [-0.2, 0) is 0 Å². The highest BCUT2D eigenvalue weighted by atomic mass is 32.1. The highest BCUT2D eigenvalue weighted by Gasteiger charge is 2.25. The number of nitrogens with zero attached hydrogens (tertiary/aromatic N) is 2. The molecule has 1 amide bonds. The quantitative estimate of drug-likeness (QED) is 0.941. The summed E-state index contributed by atoms with van der Waals surface area (Å²) in [5, 5.41) is 9.52. The number of thiophene rings is 1. The smallest absolute Gasteiger partial charge is 0.264 e. The molecule has 0 radical (unpaired) electrons. The molecule has 1 N–H and O–H groups in total. The van der Waals surface area contributed by atoms with Crippen molar-refractivity contribution in [1.82, 2.24) is 9.80 Å². The molecule has 0 bridgehead atoms. The molecule has 0 spiro atoms. The summed E-state index contributed by atoms with van der Waals surface area (Å²) in [5.74, 6) is -0.278. The van der Waals surface area contributed by atoms with Crippen molar-refractivity contribution in [3.05, 3.63) is 34.5 Å². The first kappa shape index (κ1) is 15.4. The largest absolute Gasteiger partial charge is 0.395 e. The second-order valence-electron chi connectivity index (χ2n) is 5.53. The van der Waals surface area contributed by atoms with Gasteiger partial charge in [-0.25, -0.2) is 4.39 Å². The molecule has 1 aliphatic rings. The highest BCUT2D eigenvalue weighted by Crippen LogP contribution is 2.33. The van der Waals surface area contributed by atoms with Crippen molar-refractivity contribution < 1.29 is 14.3 Å². The van der Waals surface area contributed by atoms with Crippen molar-refractivity contribution in [2.24, 2.45) is 0 Å². The van der Waals surface area contributed by atoms with Crippen molar-refractivity contribution in [2.75, 3.05) is 39.3 Å². The number of rotatable bonds is 3. The Bertz CT molecular complexity index is 693. The number of hydrogen-bond acceptors (Lipinski definition) is 4. The zero-order chi connectivity index (χ0) is 15.7. The van der Waals surface area contributed by atoms with Crippen molar-refractivity contribution in [3.63, 3.8) is 0 Å². The van der Waals surface area contributed by atoms with Crippen LogP contribution in [0, 0.1) is 12.7 Å². The van der Waals surface area contributed by atoms with Crippen molar-refractivity contribution >= 4 is 27.3 Å². The molecule has 0 aliphatic carbocycles. The van der Waals surface area contributed by atoms with Crippen LogP contribution in [0.3, 0.4) is 0 Å². The highest BCUT2D eigenvalue weighted by molar-refractivity contribution is 7.21. The van der Waals surface area contributed by atoms with E-state index < -0.39 is 0 Å². The molecular weight excluding hydrogens is 303 g/mol. The zero-order valence-corrected chi connectivity index (χ0v) is 13.3. The van der Waals surface area contributed by atoms with Gasteiger partial charge in [-0.1, -0.05) is 6.07 Å². The van der Waals surface area contributed by atoms with E-state index in [4.69, 9.17) is 5.11 Å². The monoisotopic (exact) mass is 322 g/mol. The third kappa shape index (κ3) is 2.74. The predicted molar refractivity (Wildman–Crippen MR) is 85.9 cm³/mol. The first-order valence-corrected chi connectivity index (χ1v) is 8.23. The molecule has 2 heterocycles. The average Bonchev–Trinajstić information content (AvgIpc) is 2.86. The first-order valence-electron chi connectivity index (χ1n) is 7.42. The maximum absolute atomic E-state index is 14.0. The van der Waals surface area contributed by atoms with Gasteiger partial charge in [-0.15, -0.1) is 11.3 Å². The third-order valence-corrected chi connectivity index (χ3v) is 5.42. The van der Waals surface area contributed by atoms with Crippen molar-refractivity contribution in [3.8, 4) is 0 Å². The minimum Gasteiger partial charge on any atom is -0.395 e. The number of carbonyl (C=O) groups excluding carboxylic acids is 1. The molecule has 4 nitrogen and oxygen atoms in total. The molecule has 1 fully saturated rings. The van der Waals surface area contributed by atoms with Crippen molar-refractivity contribution in [2.45, 2.75) is 6.92 Å². The number of aliphatic hydroxyl groups excluding tert-OH is 1. The molecule has 1 aliphatic heterocycles. The Morgan fingerprint density at radius 1 is 1.32 bits per heavy atom. The van der Waals surface area contributed by atoms with Gasteiger partial charge in [-0.05, 0) is 24.6 Å². The van der Waals surface area contributed by atoms with E-state index >= 15 is 0 Å². The number of hydrogen-bond donors (Lipinski definition) is 1. The standard InChI is InChI=1S/C16H19FN2O2S/c1-11-14-12(17)3-2-4-13(14)22-15(11)16(21)19-7-5-18(6-8-19)9-10-20/h2-4,20H,5-10H2,1H3. The third-order valence-electron chi connectivity index (χ3n) is 4.17. The molecule has 6 heteroatoms. The van der Waals surface area contributed by atoms with E-state index in [0.29, 0.717) is 29.9 Å². The van der Waals surface area contributed by atoms with Crippen LogP contribution in [-0.4, -0.2) is 60.1 Å². The van der Waals surface area contributed by atoms with E-state index in [-0.39, 0.29) is 18.3 Å². The van der Waals surface area contributed by atoms with Gasteiger partial charge in [-0.3, -0.25) is 9.69 Å². The summed E-state index contributed by atoms with van der Waals surface area (Å²) >= 11 is 1.37. The Morgan fingerprint density at radius 3 is 2.68 bits per heavy atom. The lowest BCUT2D eigenvalue weighted by atomic mass is 10.1. The van der Waals surface area contributed by atoms with Gasteiger partial charge in [0.15, 0.2) is 0 Å². The molecule has 1 aromatic heterocycles. The molecular formula is C16H19FN2O2S. The molecule has 0 saturated carbocycles. The fourth-order valence-corrected chi connectivity index (χ4v) is 4.11. The molecule has 0 unspecified atom stereocenters. The van der Waals surface area contributed by atoms with Gasteiger partial charge in [0.2, 0.25) is 0 Å². The number of halogens is 1. The number of amides is 1. The maximum atomic E-state index is 14.0. The Morgan fingerprint density at radius 2 is 2.05 bits per heavy atom. The number of fused-ring (bicyclic) bond motifs is 1. The summed E-state index contributed by atoms with van der Waals surface area (Å²) in [6, 6.07) is 4.96. The Balaban J connectivity index is 1.81. The second kappa shape index (κ2) is 6.32. The lowest BCUT2D eigenvalue weighted by Gasteiger charge is -2.34. The topological polar surface area (TPSA) is 43.8 Å². The molecule has 1 saturated heterocycles. The number of benzene rings is 1. The number of β-amino-alcohol motifs (C(OH)–C–C–N with tert-alkyl or cyclic N) is 1. The Hall–Kier alpha value is -1.50. The summed E-state index contributed by atoms with van der Waals surface area (Å²) in [6.45, 7) is 5.44. The Labute approximate surface area is 132 Å². The van der Waals surface area contributed by atoms with Gasteiger partial charge in [0, 0.05) is 42.8 Å². The molecule has 3 rings (SSSR count). The minimum atomic E-state index is -0.266. The van der Waals surface area contributed by atoms with Crippen LogP contribution in [0.2, 0.25) is 0 Å². The van der Waals surface area contributed by atoms with Crippen LogP contribution >= 0.6 is 11.3 Å². The van der Waals surface area contributed by atoms with Crippen LogP contribution in [0.1, 0.15) is 15.2 Å². The maximum Gasteiger partial charge on any atom is 0.264 e.